The first-order chi connectivity index (χ1) is 20.6. The third-order valence-corrected chi connectivity index (χ3v) is 9.68. The fourth-order valence-corrected chi connectivity index (χ4v) is 6.93. The van der Waals surface area contributed by atoms with Crippen LogP contribution in [0.25, 0.3) is 21.5 Å². The number of aliphatic imine (C=N–C) groups is 2. The van der Waals surface area contributed by atoms with Crippen LogP contribution in [0.15, 0.2) is 74.6 Å². The molecular formula is C36H36BClN6. The Morgan fingerprint density at radius 2 is 1.02 bits per heavy atom. The number of rotatable bonds is 0. The molecule has 0 spiro atoms. The molecule has 5 aromatic rings. The van der Waals surface area contributed by atoms with Crippen LogP contribution < -0.4 is 11.0 Å². The molecule has 0 N–H and O–H groups in total. The van der Waals surface area contributed by atoms with Crippen LogP contribution in [-0.4, -0.2) is 27.0 Å². The van der Waals surface area contributed by atoms with Gasteiger partial charge in [-0.25, -0.2) is 20.0 Å². The summed E-state index contributed by atoms with van der Waals surface area (Å²) in [6.45, 7) is 20.1. The van der Waals surface area contributed by atoms with Crippen LogP contribution in [0.1, 0.15) is 90.1 Å². The van der Waals surface area contributed by atoms with E-state index in [9.17, 15) is 0 Å². The summed E-state index contributed by atoms with van der Waals surface area (Å²) in [6, 6.07) is 19.8. The number of hydrogen-bond acceptors (Lipinski definition) is 4. The summed E-state index contributed by atoms with van der Waals surface area (Å²) < 4.78 is 4.12. The molecule has 4 bridgehead atoms. The molecule has 3 aromatic carbocycles. The maximum absolute atomic E-state index is 7.54. The van der Waals surface area contributed by atoms with Crippen LogP contribution >= 0.6 is 11.5 Å². The third kappa shape index (κ3) is 3.81. The summed E-state index contributed by atoms with van der Waals surface area (Å²) in [4.78, 5) is 21.1. The highest BCUT2D eigenvalue weighted by molar-refractivity contribution is 7.05. The quantitative estimate of drug-likeness (QED) is 0.163. The van der Waals surface area contributed by atoms with Gasteiger partial charge in [0.2, 0.25) is 0 Å². The lowest BCUT2D eigenvalue weighted by molar-refractivity contribution is 0.590. The van der Waals surface area contributed by atoms with E-state index in [4.69, 9.17) is 31.4 Å². The van der Waals surface area contributed by atoms with Gasteiger partial charge in [0.25, 0.3) is 0 Å². The highest BCUT2D eigenvalue weighted by Gasteiger charge is 2.36. The second-order valence-electron chi connectivity index (χ2n) is 15.5. The molecule has 0 aliphatic carbocycles. The average molecular weight is 599 g/mol. The molecule has 5 heterocycles. The maximum atomic E-state index is 7.54. The first-order valence-electron chi connectivity index (χ1n) is 15.4. The molecule has 44 heavy (non-hydrogen) atoms. The number of hydrogen-bond donors (Lipinski definition) is 0. The number of benzene rings is 3. The topological polar surface area (TPSA) is 59.3 Å². The molecule has 2 aromatic heterocycles. The Labute approximate surface area is 263 Å². The molecule has 8 rings (SSSR count). The highest BCUT2D eigenvalue weighted by atomic mass is 35.5. The van der Waals surface area contributed by atoms with Gasteiger partial charge in [-0.3, -0.25) is 0 Å². The van der Waals surface area contributed by atoms with Crippen molar-refractivity contribution in [2.45, 2.75) is 78.6 Å². The fraction of sp³-hybridized carbons (Fsp3) is 0.333. The highest BCUT2D eigenvalue weighted by Crippen LogP contribution is 2.43. The Hall–Kier alpha value is -3.97. The number of halogens is 1. The van der Waals surface area contributed by atoms with Gasteiger partial charge >= 0.3 is 6.40 Å². The third-order valence-electron chi connectivity index (χ3n) is 9.29. The van der Waals surface area contributed by atoms with Crippen molar-refractivity contribution in [2.24, 2.45) is 20.0 Å². The normalized spacial score (nSPS) is 15.6. The molecule has 0 saturated heterocycles. The van der Waals surface area contributed by atoms with E-state index in [-0.39, 0.29) is 16.2 Å². The molecule has 0 atom stereocenters. The van der Waals surface area contributed by atoms with E-state index in [2.05, 4.69) is 126 Å². The Bertz CT molecular complexity index is 2300. The largest absolute Gasteiger partial charge is 0.499 e. The minimum absolute atomic E-state index is 0.0228. The van der Waals surface area contributed by atoms with Gasteiger partial charge in [-0.15, -0.1) is 11.5 Å². The molecule has 6 nitrogen and oxygen atoms in total. The molecule has 3 aliphatic rings. The van der Waals surface area contributed by atoms with Crippen LogP contribution in [0.5, 0.6) is 0 Å². The standard InChI is InChI=1S/C36H36BClN6/c1-34(2,3)19-10-13-22-25(16-19)29-39-28(22)40-30-23-14-11-20(35(4,5)6)17-26(23)32-42-33-27-18-21(36(7,8)9)12-15-24(27)31(41-29)44(33)37(38)43(30)32/h10-18H,1-9H3. The Morgan fingerprint density at radius 1 is 0.500 bits per heavy atom. The molecule has 220 valence electrons. The zero-order chi connectivity index (χ0) is 31.1. The number of aromatic nitrogens is 2. The second kappa shape index (κ2) is 8.60. The van der Waals surface area contributed by atoms with Crippen molar-refractivity contribution in [1.29, 1.82) is 0 Å². The molecule has 3 aliphatic heterocycles. The second-order valence-corrected chi connectivity index (χ2v) is 15.9. The minimum Gasteiger partial charge on any atom is -0.319 e. The summed E-state index contributed by atoms with van der Waals surface area (Å²) >= 11 is 7.54. The molecular weight excluding hydrogens is 563 g/mol. The van der Waals surface area contributed by atoms with Crippen molar-refractivity contribution >= 4 is 62.7 Å². The van der Waals surface area contributed by atoms with Crippen LogP contribution in [0.3, 0.4) is 0 Å². The van der Waals surface area contributed by atoms with Crippen LogP contribution in [0.2, 0.25) is 0 Å². The Balaban J connectivity index is 1.57. The first-order valence-corrected chi connectivity index (χ1v) is 15.8. The summed E-state index contributed by atoms with van der Waals surface area (Å²) in [5.41, 5.74) is 7.17. The number of amidine groups is 2. The van der Waals surface area contributed by atoms with Crippen molar-refractivity contribution in [1.82, 2.24) is 8.96 Å². The van der Waals surface area contributed by atoms with Crippen molar-refractivity contribution < 1.29 is 0 Å². The molecule has 0 saturated carbocycles. The summed E-state index contributed by atoms with van der Waals surface area (Å²) in [7, 11) is 0. The number of fused-ring (bicyclic) bond motifs is 10. The van der Waals surface area contributed by atoms with Crippen LogP contribution in [0, 0.1) is 0 Å². The lowest BCUT2D eigenvalue weighted by Crippen LogP contribution is -2.44. The zero-order valence-corrected chi connectivity index (χ0v) is 27.6. The monoisotopic (exact) mass is 598 g/mol. The van der Waals surface area contributed by atoms with E-state index < -0.39 is 6.40 Å². The first kappa shape index (κ1) is 27.6. The lowest BCUT2D eigenvalue weighted by atomic mass is 9.85. The van der Waals surface area contributed by atoms with E-state index in [1.807, 2.05) is 0 Å². The van der Waals surface area contributed by atoms with E-state index in [1.165, 1.54) is 16.7 Å². The lowest BCUT2D eigenvalue weighted by Gasteiger charge is -2.20. The van der Waals surface area contributed by atoms with Gasteiger partial charge in [0.1, 0.15) is 22.6 Å². The summed E-state index contributed by atoms with van der Waals surface area (Å²) in [5, 5.41) is 4.10. The fourth-order valence-electron chi connectivity index (χ4n) is 6.56. The summed E-state index contributed by atoms with van der Waals surface area (Å²) in [6.07, 6.45) is -0.613. The molecule has 0 radical (unpaired) electrons. The van der Waals surface area contributed by atoms with E-state index in [0.29, 0.717) is 11.7 Å². The van der Waals surface area contributed by atoms with Gasteiger partial charge in [-0.05, 0) is 51.1 Å². The maximum Gasteiger partial charge on any atom is 0.499 e. The van der Waals surface area contributed by atoms with E-state index >= 15 is 0 Å². The van der Waals surface area contributed by atoms with Crippen molar-refractivity contribution in [3.05, 3.63) is 93.4 Å². The average Bonchev–Trinajstić information content (AvgIpc) is 3.56. The predicted octanol–water partition coefficient (Wildman–Crippen LogP) is 7.85. The van der Waals surface area contributed by atoms with E-state index in [0.717, 1.165) is 55.3 Å². The molecule has 0 unspecified atom stereocenters. The number of nitrogens with zero attached hydrogens (tertiary/aromatic N) is 6. The van der Waals surface area contributed by atoms with Crippen LogP contribution in [-0.2, 0) is 16.2 Å². The van der Waals surface area contributed by atoms with Crippen molar-refractivity contribution in [3.63, 3.8) is 0 Å². The molecule has 0 fully saturated rings. The molecule has 8 heteroatoms. The van der Waals surface area contributed by atoms with Crippen LogP contribution in [0.4, 0.5) is 11.6 Å². The predicted molar refractivity (Wildman–Crippen MR) is 184 cm³/mol. The zero-order valence-electron chi connectivity index (χ0n) is 26.8. The van der Waals surface area contributed by atoms with Gasteiger partial charge in [0.15, 0.2) is 11.7 Å². The Kier molecular flexibility index (Phi) is 5.39. The smallest absolute Gasteiger partial charge is 0.319 e. The molecule has 0 amide bonds. The van der Waals surface area contributed by atoms with Crippen molar-refractivity contribution in [3.8, 4) is 0 Å². The SMILES string of the molecule is CC(C)(C)c1ccc2c(c1)C1=Nc3c4ccc(C(C)(C)C)cc4c4n3B(Cl)n3c(c5ccc(C(C)(C)C)cc5c3=N4)=NC2=N1. The van der Waals surface area contributed by atoms with Gasteiger partial charge in [-0.1, -0.05) is 98.7 Å². The summed E-state index contributed by atoms with van der Waals surface area (Å²) in [5.74, 6) is 2.88. The van der Waals surface area contributed by atoms with E-state index in [1.54, 1.807) is 0 Å². The van der Waals surface area contributed by atoms with Gasteiger partial charge in [0.05, 0.1) is 0 Å². The van der Waals surface area contributed by atoms with Gasteiger partial charge in [-0.2, -0.15) is 0 Å². The van der Waals surface area contributed by atoms with Gasteiger partial charge in [0, 0.05) is 32.7 Å². The minimum atomic E-state index is -0.613. The van der Waals surface area contributed by atoms with Gasteiger partial charge < -0.3 is 8.96 Å². The van der Waals surface area contributed by atoms with Crippen molar-refractivity contribution in [2.75, 3.05) is 0 Å². The Morgan fingerprint density at radius 3 is 1.68 bits per heavy atom.